The Morgan fingerprint density at radius 1 is 1.36 bits per heavy atom. The Balaban J connectivity index is 1.61. The largest absolute Gasteiger partial charge is 0.465 e. The van der Waals surface area contributed by atoms with Crippen LogP contribution >= 0.6 is 0 Å². The van der Waals surface area contributed by atoms with Gasteiger partial charge in [-0.1, -0.05) is 0 Å². The van der Waals surface area contributed by atoms with Crippen LogP contribution in [0.25, 0.3) is 0 Å². The van der Waals surface area contributed by atoms with Crippen LogP contribution in [0.5, 0.6) is 0 Å². The number of methoxy groups -OCH3 is 1. The molecule has 1 aromatic heterocycles. The topological polar surface area (TPSA) is 53.2 Å². The maximum atomic E-state index is 5.95. The minimum atomic E-state index is 0.269. The first kappa shape index (κ1) is 18.3. The van der Waals surface area contributed by atoms with Crippen molar-refractivity contribution in [3.63, 3.8) is 0 Å². The highest BCUT2D eigenvalue weighted by Crippen LogP contribution is 2.26. The molecule has 0 spiro atoms. The van der Waals surface area contributed by atoms with Gasteiger partial charge < -0.3 is 19.4 Å². The van der Waals surface area contributed by atoms with E-state index in [0.717, 1.165) is 56.8 Å². The number of nitrogens with zero attached hydrogens (tertiary/aromatic N) is 3. The molecule has 0 amide bonds. The molecule has 2 unspecified atom stereocenters. The lowest BCUT2D eigenvalue weighted by molar-refractivity contribution is 0.157. The van der Waals surface area contributed by atoms with Crippen LogP contribution in [-0.4, -0.2) is 69.2 Å². The van der Waals surface area contributed by atoms with Crippen molar-refractivity contribution < 1.29 is 9.15 Å². The van der Waals surface area contributed by atoms with E-state index in [1.807, 2.05) is 14.0 Å². The van der Waals surface area contributed by atoms with Crippen LogP contribution in [0.1, 0.15) is 36.8 Å². The highest BCUT2D eigenvalue weighted by atomic mass is 16.5. The molecule has 2 saturated heterocycles. The molecule has 0 bridgehead atoms. The van der Waals surface area contributed by atoms with Crippen molar-refractivity contribution in [2.75, 3.05) is 53.5 Å². The minimum absolute atomic E-state index is 0.269. The van der Waals surface area contributed by atoms with Crippen LogP contribution in [0, 0.1) is 12.8 Å². The molecule has 1 aromatic rings. The van der Waals surface area contributed by atoms with Crippen molar-refractivity contribution in [3.05, 3.63) is 23.7 Å². The lowest BCUT2D eigenvalue weighted by atomic mass is 10.1. The van der Waals surface area contributed by atoms with Gasteiger partial charge in [0, 0.05) is 39.7 Å². The summed E-state index contributed by atoms with van der Waals surface area (Å²) >= 11 is 0. The Bertz CT molecular complexity index is 566. The Kier molecular flexibility index (Phi) is 6.37. The zero-order valence-corrected chi connectivity index (χ0v) is 15.8. The number of rotatable bonds is 6. The van der Waals surface area contributed by atoms with Crippen molar-refractivity contribution in [1.82, 2.24) is 15.1 Å². The van der Waals surface area contributed by atoms with E-state index in [4.69, 9.17) is 9.15 Å². The molecule has 0 saturated carbocycles. The van der Waals surface area contributed by atoms with Gasteiger partial charge in [0.15, 0.2) is 5.96 Å². The number of ether oxygens (including phenoxy) is 1. The predicted octanol–water partition coefficient (Wildman–Crippen LogP) is 2.27. The van der Waals surface area contributed by atoms with Gasteiger partial charge in [0.25, 0.3) is 0 Å². The third kappa shape index (κ3) is 4.55. The highest BCUT2D eigenvalue weighted by molar-refractivity contribution is 5.80. The van der Waals surface area contributed by atoms with E-state index in [-0.39, 0.29) is 6.04 Å². The quantitative estimate of drug-likeness (QED) is 0.631. The van der Waals surface area contributed by atoms with E-state index in [1.165, 1.54) is 19.3 Å². The second-order valence-corrected chi connectivity index (χ2v) is 7.19. The van der Waals surface area contributed by atoms with Crippen LogP contribution in [0.2, 0.25) is 0 Å². The number of aliphatic imine (C=N–C) groups is 1. The maximum absolute atomic E-state index is 5.95. The predicted molar refractivity (Wildman–Crippen MR) is 99.9 cm³/mol. The molecule has 2 fully saturated rings. The third-order valence-corrected chi connectivity index (χ3v) is 5.32. The molecule has 0 aromatic carbocycles. The lowest BCUT2D eigenvalue weighted by Crippen LogP contribution is -2.44. The molecular formula is C19H32N4O2. The van der Waals surface area contributed by atoms with E-state index >= 15 is 0 Å². The van der Waals surface area contributed by atoms with Gasteiger partial charge in [-0.15, -0.1) is 0 Å². The van der Waals surface area contributed by atoms with Crippen molar-refractivity contribution in [2.24, 2.45) is 10.9 Å². The first-order valence-corrected chi connectivity index (χ1v) is 9.46. The molecule has 0 aliphatic carbocycles. The fraction of sp³-hybridized carbons (Fsp3) is 0.737. The Labute approximate surface area is 151 Å². The summed E-state index contributed by atoms with van der Waals surface area (Å²) < 4.78 is 11.3. The van der Waals surface area contributed by atoms with Crippen LogP contribution in [0.15, 0.2) is 21.5 Å². The number of hydrogen-bond acceptors (Lipinski definition) is 4. The van der Waals surface area contributed by atoms with Gasteiger partial charge in [-0.25, -0.2) is 0 Å². The zero-order chi connectivity index (χ0) is 17.6. The first-order valence-electron chi connectivity index (χ1n) is 9.46. The molecule has 6 nitrogen and oxygen atoms in total. The first-order chi connectivity index (χ1) is 12.2. The van der Waals surface area contributed by atoms with E-state index in [9.17, 15) is 0 Å². The maximum Gasteiger partial charge on any atom is 0.193 e. The fourth-order valence-electron chi connectivity index (χ4n) is 4.01. The molecule has 1 N–H and O–H groups in total. The Morgan fingerprint density at radius 2 is 2.16 bits per heavy atom. The standard InChI is InChI=1S/C19H32N4O2/c1-15-6-7-18(25-15)17(22-9-4-5-10-22)12-21-19(20-2)23-11-8-16(13-23)14-24-3/h6-7,16-17H,4-5,8-14H2,1-3H3,(H,20,21). The number of hydrogen-bond donors (Lipinski definition) is 1. The number of aryl methyl sites for hydroxylation is 1. The van der Waals surface area contributed by atoms with Crippen LogP contribution in [0.3, 0.4) is 0 Å². The molecule has 2 aliphatic heterocycles. The van der Waals surface area contributed by atoms with Crippen molar-refractivity contribution in [2.45, 2.75) is 32.2 Å². The van der Waals surface area contributed by atoms with Gasteiger partial charge in [-0.3, -0.25) is 9.89 Å². The summed E-state index contributed by atoms with van der Waals surface area (Å²) in [5.41, 5.74) is 0. The summed E-state index contributed by atoms with van der Waals surface area (Å²) in [6, 6.07) is 4.45. The lowest BCUT2D eigenvalue weighted by Gasteiger charge is -2.28. The highest BCUT2D eigenvalue weighted by Gasteiger charge is 2.28. The molecule has 140 valence electrons. The van der Waals surface area contributed by atoms with E-state index in [1.54, 1.807) is 7.11 Å². The van der Waals surface area contributed by atoms with E-state index < -0.39 is 0 Å². The Hall–Kier alpha value is -1.53. The number of nitrogens with one attached hydrogen (secondary N) is 1. The van der Waals surface area contributed by atoms with Gasteiger partial charge in [-0.05, 0) is 51.4 Å². The number of likely N-dealkylation sites (tertiary alicyclic amines) is 2. The Morgan fingerprint density at radius 3 is 2.80 bits per heavy atom. The number of furan rings is 1. The smallest absolute Gasteiger partial charge is 0.193 e. The average Bonchev–Trinajstić information content (AvgIpc) is 3.34. The average molecular weight is 348 g/mol. The summed E-state index contributed by atoms with van der Waals surface area (Å²) in [5.74, 6) is 3.63. The second-order valence-electron chi connectivity index (χ2n) is 7.19. The summed E-state index contributed by atoms with van der Waals surface area (Å²) in [4.78, 5) is 9.37. The summed E-state index contributed by atoms with van der Waals surface area (Å²) in [6.45, 7) is 8.01. The van der Waals surface area contributed by atoms with Crippen molar-refractivity contribution in [3.8, 4) is 0 Å². The summed E-state index contributed by atoms with van der Waals surface area (Å²) in [6.07, 6.45) is 3.72. The van der Waals surface area contributed by atoms with Crippen LogP contribution in [0.4, 0.5) is 0 Å². The summed E-state index contributed by atoms with van der Waals surface area (Å²) in [7, 11) is 3.65. The fourth-order valence-corrected chi connectivity index (χ4v) is 4.01. The van der Waals surface area contributed by atoms with Gasteiger partial charge in [0.05, 0.1) is 12.6 Å². The number of guanidine groups is 1. The molecule has 2 aliphatic rings. The molecule has 6 heteroatoms. The second kappa shape index (κ2) is 8.72. The van der Waals surface area contributed by atoms with Gasteiger partial charge in [-0.2, -0.15) is 0 Å². The molecule has 3 rings (SSSR count). The molecule has 0 radical (unpaired) electrons. The van der Waals surface area contributed by atoms with Crippen molar-refractivity contribution >= 4 is 5.96 Å². The van der Waals surface area contributed by atoms with Crippen molar-refractivity contribution in [1.29, 1.82) is 0 Å². The zero-order valence-electron chi connectivity index (χ0n) is 15.8. The monoisotopic (exact) mass is 348 g/mol. The van der Waals surface area contributed by atoms with Crippen LogP contribution in [-0.2, 0) is 4.74 Å². The molecular weight excluding hydrogens is 316 g/mol. The summed E-state index contributed by atoms with van der Waals surface area (Å²) in [5, 5.41) is 3.59. The molecule has 2 atom stereocenters. The molecule has 25 heavy (non-hydrogen) atoms. The van der Waals surface area contributed by atoms with Gasteiger partial charge in [0.2, 0.25) is 0 Å². The van der Waals surface area contributed by atoms with Crippen LogP contribution < -0.4 is 5.32 Å². The minimum Gasteiger partial charge on any atom is -0.465 e. The van der Waals surface area contributed by atoms with E-state index in [2.05, 4.69) is 32.2 Å². The van der Waals surface area contributed by atoms with Gasteiger partial charge >= 0.3 is 0 Å². The van der Waals surface area contributed by atoms with Gasteiger partial charge in [0.1, 0.15) is 11.5 Å². The molecule has 3 heterocycles. The third-order valence-electron chi connectivity index (χ3n) is 5.32. The van der Waals surface area contributed by atoms with E-state index in [0.29, 0.717) is 5.92 Å². The SMILES string of the molecule is CN=C(NCC(c1ccc(C)o1)N1CCCC1)N1CCC(COC)C1. The normalized spacial score (nSPS) is 23.4.